The van der Waals surface area contributed by atoms with Gasteiger partial charge in [-0.1, -0.05) is 45.4 Å². The zero-order valence-electron chi connectivity index (χ0n) is 17.4. The molecule has 0 heterocycles. The smallest absolute Gasteiger partial charge is 0.0873 e. The summed E-state index contributed by atoms with van der Waals surface area (Å²) >= 11 is 0. The van der Waals surface area contributed by atoms with Gasteiger partial charge in [0.2, 0.25) is 0 Å². The fraction of sp³-hybridized carbons (Fsp3) is 0.750. The van der Waals surface area contributed by atoms with E-state index in [4.69, 9.17) is 14.2 Å². The Morgan fingerprint density at radius 3 is 1.59 bits per heavy atom. The standard InChI is InChI=1S/C24H42O3/c1-4-25-18-10-7-13-22-16-17-23(14-8-11-19-26-5-2)24(21-22)15-9-12-20-27-6-3/h4-6,22-24H,1-3,7-21H2. The first-order valence-electron chi connectivity index (χ1n) is 11.0. The first kappa shape index (κ1) is 23.7. The minimum Gasteiger partial charge on any atom is -0.502 e. The van der Waals surface area contributed by atoms with E-state index in [-0.39, 0.29) is 0 Å². The van der Waals surface area contributed by atoms with Gasteiger partial charge in [0.05, 0.1) is 38.6 Å². The molecule has 1 fully saturated rings. The van der Waals surface area contributed by atoms with Gasteiger partial charge in [-0.25, -0.2) is 0 Å². The van der Waals surface area contributed by atoms with Crippen LogP contribution >= 0.6 is 0 Å². The van der Waals surface area contributed by atoms with E-state index in [1.807, 2.05) is 0 Å². The Labute approximate surface area is 167 Å². The Kier molecular flexibility index (Phi) is 14.7. The van der Waals surface area contributed by atoms with Crippen LogP contribution in [0.3, 0.4) is 0 Å². The molecule has 0 saturated heterocycles. The summed E-state index contributed by atoms with van der Waals surface area (Å²) in [6.45, 7) is 13.3. The van der Waals surface area contributed by atoms with Crippen molar-refractivity contribution in [3.05, 3.63) is 38.5 Å². The zero-order chi connectivity index (χ0) is 19.6. The lowest BCUT2D eigenvalue weighted by Crippen LogP contribution is -2.25. The Morgan fingerprint density at radius 1 is 0.593 bits per heavy atom. The topological polar surface area (TPSA) is 27.7 Å². The number of rotatable bonds is 18. The van der Waals surface area contributed by atoms with Crippen LogP contribution in [0.25, 0.3) is 0 Å². The van der Waals surface area contributed by atoms with Crippen molar-refractivity contribution in [2.75, 3.05) is 19.8 Å². The molecule has 0 N–H and O–H groups in total. The molecular weight excluding hydrogens is 336 g/mol. The number of unbranched alkanes of at least 4 members (excludes halogenated alkanes) is 3. The molecule has 1 aliphatic rings. The van der Waals surface area contributed by atoms with Crippen LogP contribution in [-0.4, -0.2) is 19.8 Å². The van der Waals surface area contributed by atoms with Crippen molar-refractivity contribution in [3.8, 4) is 0 Å². The molecule has 27 heavy (non-hydrogen) atoms. The molecule has 3 nitrogen and oxygen atoms in total. The van der Waals surface area contributed by atoms with Gasteiger partial charge in [-0.15, -0.1) is 0 Å². The van der Waals surface area contributed by atoms with Crippen molar-refractivity contribution in [1.29, 1.82) is 0 Å². The van der Waals surface area contributed by atoms with Crippen molar-refractivity contribution in [3.63, 3.8) is 0 Å². The molecule has 0 amide bonds. The molecule has 1 aliphatic carbocycles. The number of hydrogen-bond acceptors (Lipinski definition) is 3. The van der Waals surface area contributed by atoms with Crippen LogP contribution < -0.4 is 0 Å². The normalized spacial score (nSPS) is 22.0. The van der Waals surface area contributed by atoms with Crippen LogP contribution in [0.1, 0.15) is 77.0 Å². The van der Waals surface area contributed by atoms with Crippen molar-refractivity contribution < 1.29 is 14.2 Å². The monoisotopic (exact) mass is 378 g/mol. The highest BCUT2D eigenvalue weighted by Crippen LogP contribution is 2.41. The largest absolute Gasteiger partial charge is 0.502 e. The van der Waals surface area contributed by atoms with Gasteiger partial charge in [0.1, 0.15) is 0 Å². The molecule has 3 heteroatoms. The van der Waals surface area contributed by atoms with E-state index in [1.54, 1.807) is 18.8 Å². The fourth-order valence-corrected chi connectivity index (χ4v) is 4.47. The second-order valence-corrected chi connectivity index (χ2v) is 7.80. The fourth-order valence-electron chi connectivity index (χ4n) is 4.47. The quantitative estimate of drug-likeness (QED) is 0.190. The zero-order valence-corrected chi connectivity index (χ0v) is 17.4. The summed E-state index contributed by atoms with van der Waals surface area (Å²) in [6, 6.07) is 0. The predicted octanol–water partition coefficient (Wildman–Crippen LogP) is 7.01. The average molecular weight is 379 g/mol. The molecule has 0 aromatic rings. The van der Waals surface area contributed by atoms with Crippen molar-refractivity contribution in [2.45, 2.75) is 77.0 Å². The van der Waals surface area contributed by atoms with Gasteiger partial charge in [-0.2, -0.15) is 0 Å². The molecule has 0 aliphatic heterocycles. The van der Waals surface area contributed by atoms with Gasteiger partial charge in [-0.3, -0.25) is 0 Å². The maximum atomic E-state index is 5.28. The van der Waals surface area contributed by atoms with E-state index < -0.39 is 0 Å². The molecule has 0 radical (unpaired) electrons. The van der Waals surface area contributed by atoms with Crippen LogP contribution in [0.4, 0.5) is 0 Å². The molecule has 3 atom stereocenters. The molecule has 1 rings (SSSR count). The van der Waals surface area contributed by atoms with Gasteiger partial charge in [0, 0.05) is 0 Å². The van der Waals surface area contributed by atoms with Crippen molar-refractivity contribution in [1.82, 2.24) is 0 Å². The average Bonchev–Trinajstić information content (AvgIpc) is 2.68. The van der Waals surface area contributed by atoms with Gasteiger partial charge < -0.3 is 14.2 Å². The lowest BCUT2D eigenvalue weighted by atomic mass is 9.69. The van der Waals surface area contributed by atoms with E-state index in [1.165, 1.54) is 57.8 Å². The van der Waals surface area contributed by atoms with Crippen LogP contribution in [0.5, 0.6) is 0 Å². The molecule has 156 valence electrons. The summed E-state index contributed by atoms with van der Waals surface area (Å²) in [5, 5.41) is 0. The Bertz CT molecular complexity index is 380. The molecule has 0 aromatic carbocycles. The highest BCUT2D eigenvalue weighted by Gasteiger charge is 2.29. The Hall–Kier alpha value is -1.38. The lowest BCUT2D eigenvalue weighted by Gasteiger charge is -2.37. The third kappa shape index (κ3) is 11.8. The maximum absolute atomic E-state index is 5.28. The van der Waals surface area contributed by atoms with E-state index in [9.17, 15) is 0 Å². The molecule has 0 bridgehead atoms. The van der Waals surface area contributed by atoms with Gasteiger partial charge in [0.15, 0.2) is 0 Å². The first-order chi connectivity index (χ1) is 13.3. The summed E-state index contributed by atoms with van der Waals surface area (Å²) in [4.78, 5) is 0. The second kappa shape index (κ2) is 16.8. The van der Waals surface area contributed by atoms with E-state index in [0.717, 1.165) is 56.8 Å². The second-order valence-electron chi connectivity index (χ2n) is 7.80. The summed E-state index contributed by atoms with van der Waals surface area (Å²) in [7, 11) is 0. The molecule has 0 spiro atoms. The Morgan fingerprint density at radius 2 is 1.07 bits per heavy atom. The number of ether oxygens (including phenoxy) is 3. The Balaban J connectivity index is 2.34. The van der Waals surface area contributed by atoms with Crippen LogP contribution in [0, 0.1) is 17.8 Å². The van der Waals surface area contributed by atoms with E-state index in [2.05, 4.69) is 19.7 Å². The van der Waals surface area contributed by atoms with E-state index in [0.29, 0.717) is 0 Å². The van der Waals surface area contributed by atoms with Crippen LogP contribution in [0.2, 0.25) is 0 Å². The van der Waals surface area contributed by atoms with Crippen LogP contribution in [0.15, 0.2) is 38.5 Å². The minimum atomic E-state index is 0.812. The third-order valence-electron chi connectivity index (χ3n) is 5.90. The summed E-state index contributed by atoms with van der Waals surface area (Å²) < 4.78 is 15.8. The van der Waals surface area contributed by atoms with Crippen molar-refractivity contribution >= 4 is 0 Å². The number of hydrogen-bond donors (Lipinski definition) is 0. The molecule has 3 unspecified atom stereocenters. The SMILES string of the molecule is C=COCCCCC1CCC(CCCCOC=C)C(CCCCOC=C)C1. The molecular formula is C24H42O3. The summed E-state index contributed by atoms with van der Waals surface area (Å²) in [5.74, 6) is 2.69. The third-order valence-corrected chi connectivity index (χ3v) is 5.90. The van der Waals surface area contributed by atoms with Gasteiger partial charge in [0.25, 0.3) is 0 Å². The molecule has 1 saturated carbocycles. The predicted molar refractivity (Wildman–Crippen MR) is 114 cm³/mol. The van der Waals surface area contributed by atoms with Crippen molar-refractivity contribution in [2.24, 2.45) is 17.8 Å². The first-order valence-corrected chi connectivity index (χ1v) is 11.0. The highest BCUT2D eigenvalue weighted by atomic mass is 16.5. The highest BCUT2D eigenvalue weighted by molar-refractivity contribution is 4.80. The summed E-state index contributed by atoms with van der Waals surface area (Å²) in [6.07, 6.45) is 20.2. The van der Waals surface area contributed by atoms with Crippen LogP contribution in [-0.2, 0) is 14.2 Å². The van der Waals surface area contributed by atoms with E-state index >= 15 is 0 Å². The minimum absolute atomic E-state index is 0.812. The summed E-state index contributed by atoms with van der Waals surface area (Å²) in [5.41, 5.74) is 0. The lowest BCUT2D eigenvalue weighted by molar-refractivity contribution is 0.139. The van der Waals surface area contributed by atoms with Gasteiger partial charge in [-0.05, 0) is 69.1 Å². The molecule has 0 aromatic heterocycles. The maximum Gasteiger partial charge on any atom is 0.0873 e. The van der Waals surface area contributed by atoms with Gasteiger partial charge >= 0.3 is 0 Å².